The van der Waals surface area contributed by atoms with Crippen molar-refractivity contribution in [1.29, 1.82) is 0 Å². The van der Waals surface area contributed by atoms with Crippen LogP contribution in [0.1, 0.15) is 23.8 Å². The van der Waals surface area contributed by atoms with Gasteiger partial charge in [0.2, 0.25) is 5.91 Å². The van der Waals surface area contributed by atoms with Gasteiger partial charge in [-0.2, -0.15) is 5.10 Å². The Balaban J connectivity index is 2.10. The molecule has 1 heterocycles. The molecule has 0 unspecified atom stereocenters. The molecule has 0 fully saturated rings. The molecule has 2 aromatic rings. The van der Waals surface area contributed by atoms with Crippen molar-refractivity contribution in [2.24, 2.45) is 5.10 Å². The van der Waals surface area contributed by atoms with E-state index in [9.17, 15) is 14.7 Å². The minimum absolute atomic E-state index is 0.0642. The van der Waals surface area contributed by atoms with Gasteiger partial charge in [0.15, 0.2) is 0 Å². The van der Waals surface area contributed by atoms with Gasteiger partial charge in [0, 0.05) is 6.07 Å². The lowest BCUT2D eigenvalue weighted by atomic mass is 10.1. The van der Waals surface area contributed by atoms with Crippen LogP contribution in [0.4, 0.5) is 0 Å². The van der Waals surface area contributed by atoms with Crippen LogP contribution < -0.4 is 11.1 Å². The monoisotopic (exact) mass is 300 g/mol. The molecule has 6 heteroatoms. The molecule has 2 N–H and O–H groups in total. The van der Waals surface area contributed by atoms with E-state index in [0.717, 1.165) is 5.56 Å². The summed E-state index contributed by atoms with van der Waals surface area (Å²) in [6.07, 6.45) is 0.173. The second-order valence-electron chi connectivity index (χ2n) is 4.80. The van der Waals surface area contributed by atoms with E-state index in [1.807, 2.05) is 30.3 Å². The Morgan fingerprint density at radius 2 is 2.00 bits per heavy atom. The second-order valence-corrected chi connectivity index (χ2v) is 4.80. The fraction of sp³-hybridized carbons (Fsp3) is 0.188. The average Bonchev–Trinajstić information content (AvgIpc) is 2.45. The first-order valence-corrected chi connectivity index (χ1v) is 6.68. The maximum atomic E-state index is 11.8. The summed E-state index contributed by atoms with van der Waals surface area (Å²) in [4.78, 5) is 23.5. The molecule has 0 bridgehead atoms. The standard InChI is InChI=1S/C16H16N2O4/c1-10-8-13(19)15(16(21)22-10)11(2)17-18-14(20)9-12-6-4-3-5-7-12/h3-8,19H,9H2,1-2H3,(H,18,20)/b17-11-. The van der Waals surface area contributed by atoms with Crippen LogP contribution in [0.25, 0.3) is 0 Å². The first-order valence-electron chi connectivity index (χ1n) is 6.68. The Morgan fingerprint density at radius 1 is 1.32 bits per heavy atom. The van der Waals surface area contributed by atoms with Gasteiger partial charge in [-0.05, 0) is 19.4 Å². The van der Waals surface area contributed by atoms with Crippen LogP contribution in [-0.4, -0.2) is 16.7 Å². The summed E-state index contributed by atoms with van der Waals surface area (Å²) in [6, 6.07) is 10.5. The third kappa shape index (κ3) is 3.82. The SMILES string of the molecule is C/C(=N/NC(=O)Cc1ccccc1)c1c(O)cc(C)oc1=O. The van der Waals surface area contributed by atoms with Gasteiger partial charge in [0.1, 0.15) is 17.1 Å². The second kappa shape index (κ2) is 6.71. The van der Waals surface area contributed by atoms with Crippen molar-refractivity contribution in [2.75, 3.05) is 0 Å². The van der Waals surface area contributed by atoms with Crippen LogP contribution in [0, 0.1) is 6.92 Å². The van der Waals surface area contributed by atoms with Crippen molar-refractivity contribution in [1.82, 2.24) is 5.43 Å². The molecule has 1 aromatic carbocycles. The highest BCUT2D eigenvalue weighted by molar-refractivity contribution is 6.01. The maximum Gasteiger partial charge on any atom is 0.348 e. The molecule has 6 nitrogen and oxygen atoms in total. The van der Waals surface area contributed by atoms with Crippen LogP contribution in [0.2, 0.25) is 0 Å². The van der Waals surface area contributed by atoms with Crippen molar-refractivity contribution in [3.05, 3.63) is 63.7 Å². The average molecular weight is 300 g/mol. The van der Waals surface area contributed by atoms with E-state index in [1.54, 1.807) is 6.92 Å². The fourth-order valence-electron chi connectivity index (χ4n) is 1.95. The highest BCUT2D eigenvalue weighted by Crippen LogP contribution is 2.15. The number of benzene rings is 1. The number of hydrazone groups is 1. The van der Waals surface area contributed by atoms with Gasteiger partial charge in [0.05, 0.1) is 12.1 Å². The summed E-state index contributed by atoms with van der Waals surface area (Å²) in [5.41, 5.74) is 2.62. The van der Waals surface area contributed by atoms with E-state index < -0.39 is 5.63 Å². The van der Waals surface area contributed by atoms with Crippen LogP contribution >= 0.6 is 0 Å². The quantitative estimate of drug-likeness (QED) is 0.664. The van der Waals surface area contributed by atoms with E-state index in [-0.39, 0.29) is 29.4 Å². The largest absolute Gasteiger partial charge is 0.507 e. The topological polar surface area (TPSA) is 91.9 Å². The number of hydrogen-bond acceptors (Lipinski definition) is 5. The molecular formula is C16H16N2O4. The number of nitrogens with one attached hydrogen (secondary N) is 1. The summed E-state index contributed by atoms with van der Waals surface area (Å²) < 4.78 is 4.90. The summed E-state index contributed by atoms with van der Waals surface area (Å²) in [6.45, 7) is 3.06. The lowest BCUT2D eigenvalue weighted by Gasteiger charge is -2.04. The first kappa shape index (κ1) is 15.5. The minimum atomic E-state index is -0.698. The number of carbonyl (C=O) groups excluding carboxylic acids is 1. The Bertz CT molecular complexity index is 763. The molecule has 2 rings (SSSR count). The van der Waals surface area contributed by atoms with Crippen LogP contribution in [0.5, 0.6) is 5.75 Å². The van der Waals surface area contributed by atoms with Crippen LogP contribution in [0.3, 0.4) is 0 Å². The van der Waals surface area contributed by atoms with Gasteiger partial charge < -0.3 is 9.52 Å². The zero-order valence-corrected chi connectivity index (χ0v) is 12.3. The lowest BCUT2D eigenvalue weighted by molar-refractivity contribution is -0.120. The number of hydrogen-bond donors (Lipinski definition) is 2. The molecular weight excluding hydrogens is 284 g/mol. The Hall–Kier alpha value is -2.89. The van der Waals surface area contributed by atoms with Crippen LogP contribution in [0.15, 0.2) is 50.7 Å². The Kier molecular flexibility index (Phi) is 4.73. The van der Waals surface area contributed by atoms with E-state index >= 15 is 0 Å². The molecule has 1 aromatic heterocycles. The minimum Gasteiger partial charge on any atom is -0.507 e. The lowest BCUT2D eigenvalue weighted by Crippen LogP contribution is -2.23. The molecule has 0 aliphatic heterocycles. The molecule has 0 aliphatic rings. The van der Waals surface area contributed by atoms with Gasteiger partial charge >= 0.3 is 5.63 Å². The predicted molar refractivity (Wildman–Crippen MR) is 81.9 cm³/mol. The highest BCUT2D eigenvalue weighted by atomic mass is 16.4. The van der Waals surface area contributed by atoms with Gasteiger partial charge in [0.25, 0.3) is 0 Å². The zero-order chi connectivity index (χ0) is 16.1. The number of amides is 1. The number of carbonyl (C=O) groups is 1. The molecule has 0 saturated heterocycles. The Morgan fingerprint density at radius 3 is 2.64 bits per heavy atom. The molecule has 0 saturated carbocycles. The predicted octanol–water partition coefficient (Wildman–Crippen LogP) is 1.74. The fourth-order valence-corrected chi connectivity index (χ4v) is 1.95. The summed E-state index contributed by atoms with van der Waals surface area (Å²) in [5.74, 6) is -0.249. The summed E-state index contributed by atoms with van der Waals surface area (Å²) >= 11 is 0. The molecule has 22 heavy (non-hydrogen) atoms. The third-order valence-corrected chi connectivity index (χ3v) is 2.97. The zero-order valence-electron chi connectivity index (χ0n) is 12.3. The van der Waals surface area contributed by atoms with E-state index in [4.69, 9.17) is 4.42 Å². The molecule has 0 atom stereocenters. The number of nitrogens with zero attached hydrogens (tertiary/aromatic N) is 1. The van der Waals surface area contributed by atoms with Gasteiger partial charge in [-0.1, -0.05) is 30.3 Å². The van der Waals surface area contributed by atoms with Crippen molar-refractivity contribution in [3.63, 3.8) is 0 Å². The number of aromatic hydroxyl groups is 1. The normalized spacial score (nSPS) is 11.3. The molecule has 0 radical (unpaired) electrons. The number of aryl methyl sites for hydroxylation is 1. The molecule has 114 valence electrons. The van der Waals surface area contributed by atoms with E-state index in [0.29, 0.717) is 5.76 Å². The third-order valence-electron chi connectivity index (χ3n) is 2.97. The van der Waals surface area contributed by atoms with Crippen LogP contribution in [-0.2, 0) is 11.2 Å². The Labute approximate surface area is 127 Å². The smallest absolute Gasteiger partial charge is 0.348 e. The summed E-state index contributed by atoms with van der Waals surface area (Å²) in [5, 5.41) is 13.6. The van der Waals surface area contributed by atoms with E-state index in [1.165, 1.54) is 13.0 Å². The van der Waals surface area contributed by atoms with Gasteiger partial charge in [-0.25, -0.2) is 10.2 Å². The van der Waals surface area contributed by atoms with E-state index in [2.05, 4.69) is 10.5 Å². The van der Waals surface area contributed by atoms with Gasteiger partial charge in [-0.3, -0.25) is 4.79 Å². The van der Waals surface area contributed by atoms with Crippen molar-refractivity contribution < 1.29 is 14.3 Å². The molecule has 0 aliphatic carbocycles. The summed E-state index contributed by atoms with van der Waals surface area (Å²) in [7, 11) is 0. The van der Waals surface area contributed by atoms with Crippen molar-refractivity contribution in [2.45, 2.75) is 20.3 Å². The molecule has 0 spiro atoms. The molecule has 1 amide bonds. The first-order chi connectivity index (χ1) is 10.5. The van der Waals surface area contributed by atoms with Crippen molar-refractivity contribution in [3.8, 4) is 5.75 Å². The highest BCUT2D eigenvalue weighted by Gasteiger charge is 2.13. The van der Waals surface area contributed by atoms with Gasteiger partial charge in [-0.15, -0.1) is 0 Å². The van der Waals surface area contributed by atoms with Crippen molar-refractivity contribution >= 4 is 11.6 Å². The maximum absolute atomic E-state index is 11.8. The number of rotatable bonds is 4.